The van der Waals surface area contributed by atoms with Gasteiger partial charge in [0.05, 0.1) is 45.1 Å². The Morgan fingerprint density at radius 3 is 2.44 bits per heavy atom. The van der Waals surface area contributed by atoms with Gasteiger partial charge in [-0.05, 0) is 75.7 Å². The van der Waals surface area contributed by atoms with Crippen molar-refractivity contribution in [1.82, 2.24) is 19.5 Å². The first-order chi connectivity index (χ1) is 24.3. The van der Waals surface area contributed by atoms with Crippen LogP contribution in [0, 0.1) is 13.8 Å². The molecule has 0 aliphatic carbocycles. The van der Waals surface area contributed by atoms with Crippen LogP contribution in [-0.4, -0.2) is 56.9 Å². The number of imidazole rings is 1. The highest BCUT2D eigenvalue weighted by molar-refractivity contribution is 7.84. The van der Waals surface area contributed by atoms with Gasteiger partial charge in [-0.2, -0.15) is 17.7 Å². The maximum atomic E-state index is 13.7. The first-order valence-corrected chi connectivity index (χ1v) is 17.1. The molecule has 0 radical (unpaired) electrons. The third kappa shape index (κ3) is 11.9. The molecular formula is C34H34F3N7O7S. The number of halogens is 3. The van der Waals surface area contributed by atoms with E-state index in [9.17, 15) is 22.8 Å². The number of anilines is 3. The molecule has 0 saturated carbocycles. The number of aromatic nitrogens is 5. The summed E-state index contributed by atoms with van der Waals surface area (Å²) in [6, 6.07) is 13.5. The van der Waals surface area contributed by atoms with Gasteiger partial charge in [-0.1, -0.05) is 6.07 Å². The van der Waals surface area contributed by atoms with Crippen LogP contribution in [0.4, 0.5) is 35.3 Å². The highest BCUT2D eigenvalue weighted by atomic mass is 32.2. The molecule has 274 valence electrons. The molecule has 3 heterocycles. The summed E-state index contributed by atoms with van der Waals surface area (Å²) in [6.45, 7) is 6.93. The van der Waals surface area contributed by atoms with Crippen molar-refractivity contribution in [2.24, 2.45) is 0 Å². The van der Waals surface area contributed by atoms with Gasteiger partial charge in [0.2, 0.25) is 5.95 Å². The number of carbonyl (C=O) groups is 2. The lowest BCUT2D eigenvalue weighted by molar-refractivity contribution is -0.727. The van der Waals surface area contributed by atoms with E-state index in [0.29, 0.717) is 23.3 Å². The van der Waals surface area contributed by atoms with Crippen LogP contribution < -0.4 is 15.2 Å². The Balaban J connectivity index is 0.00000113. The molecule has 2 N–H and O–H groups in total. The lowest BCUT2D eigenvalue weighted by atomic mass is 10.1. The van der Waals surface area contributed by atoms with Crippen molar-refractivity contribution < 1.29 is 49.8 Å². The minimum atomic E-state index is -4.63. The van der Waals surface area contributed by atoms with Gasteiger partial charge in [-0.25, -0.2) is 28.2 Å². The highest BCUT2D eigenvalue weighted by Crippen LogP contribution is 2.33. The summed E-state index contributed by atoms with van der Waals surface area (Å²) >= 11 is 0. The highest BCUT2D eigenvalue weighted by Gasteiger charge is 2.31. The first-order valence-electron chi connectivity index (χ1n) is 15.3. The van der Waals surface area contributed by atoms with E-state index in [-0.39, 0.29) is 35.7 Å². The number of pyridine rings is 1. The smallest absolute Gasteiger partial charge is 0.513 e. The van der Waals surface area contributed by atoms with Crippen LogP contribution in [0.2, 0.25) is 0 Å². The fourth-order valence-electron chi connectivity index (χ4n) is 4.47. The van der Waals surface area contributed by atoms with Crippen molar-refractivity contribution in [3.8, 4) is 16.9 Å². The van der Waals surface area contributed by atoms with Gasteiger partial charge >= 0.3 is 12.3 Å². The van der Waals surface area contributed by atoms with Crippen LogP contribution in [0.5, 0.6) is 0 Å². The average Bonchev–Trinajstić information content (AvgIpc) is 3.49. The van der Waals surface area contributed by atoms with Crippen molar-refractivity contribution in [2.75, 3.05) is 16.9 Å². The van der Waals surface area contributed by atoms with Crippen molar-refractivity contribution in [3.63, 3.8) is 0 Å². The lowest BCUT2D eigenvalue weighted by Crippen LogP contribution is -2.35. The van der Waals surface area contributed by atoms with Crippen molar-refractivity contribution in [1.29, 1.82) is 0 Å². The van der Waals surface area contributed by atoms with E-state index in [2.05, 4.69) is 25.6 Å². The summed E-state index contributed by atoms with van der Waals surface area (Å²) in [5.41, 5.74) is 2.67. The average molecular weight is 742 g/mol. The molecule has 0 fully saturated rings. The van der Waals surface area contributed by atoms with E-state index in [4.69, 9.17) is 22.4 Å². The zero-order valence-electron chi connectivity index (χ0n) is 28.5. The Hall–Kier alpha value is -5.88. The minimum absolute atomic E-state index is 0.0281. The van der Waals surface area contributed by atoms with E-state index in [1.165, 1.54) is 17.0 Å². The molecule has 5 aromatic rings. The second-order valence-electron chi connectivity index (χ2n) is 11.6. The number of amides is 1. The van der Waals surface area contributed by atoms with E-state index in [0.717, 1.165) is 23.3 Å². The molecule has 0 spiro atoms. The Kier molecular flexibility index (Phi) is 12.3. The molecule has 18 heteroatoms. The Morgan fingerprint density at radius 2 is 1.79 bits per heavy atom. The van der Waals surface area contributed by atoms with Crippen LogP contribution in [-0.2, 0) is 32.5 Å². The summed E-state index contributed by atoms with van der Waals surface area (Å²) in [7, 11) is -3.92. The number of nitrogens with zero attached hydrogens (tertiary/aromatic N) is 5. The summed E-state index contributed by atoms with van der Waals surface area (Å²) < 4.78 is 81.6. The predicted molar refractivity (Wildman–Crippen MR) is 182 cm³/mol. The van der Waals surface area contributed by atoms with Gasteiger partial charge in [0.1, 0.15) is 0 Å². The van der Waals surface area contributed by atoms with Crippen molar-refractivity contribution in [3.05, 3.63) is 108 Å². The number of benzene rings is 2. The van der Waals surface area contributed by atoms with Crippen molar-refractivity contribution >= 4 is 39.5 Å². The summed E-state index contributed by atoms with van der Waals surface area (Å²) in [5.74, 6) is -0.364. The number of hydrogen-bond acceptors (Lipinski definition) is 11. The SMILES string of the molecule is CS(=O)(=O)[O-].Cc1cn(-c2cc(NC(=O)c3ccc(C)c(Nc4nccc(-c5ccc[n+](COC(=O)OC(C)C)c5)n4)c3)cc(C(F)(F)F)c2)cn1. The lowest BCUT2D eigenvalue weighted by Gasteiger charge is -2.14. The number of ether oxygens (including phenoxy) is 2. The summed E-state index contributed by atoms with van der Waals surface area (Å²) in [4.78, 5) is 38.0. The number of alkyl halides is 3. The van der Waals surface area contributed by atoms with E-state index < -0.39 is 33.9 Å². The molecule has 3 aromatic heterocycles. The van der Waals surface area contributed by atoms with Crippen LogP contribution >= 0.6 is 0 Å². The maximum Gasteiger partial charge on any atom is 0.513 e. The van der Waals surface area contributed by atoms with E-state index >= 15 is 0 Å². The fraction of sp³-hybridized carbons (Fsp3) is 0.235. The fourth-order valence-corrected chi connectivity index (χ4v) is 4.47. The second-order valence-corrected chi connectivity index (χ2v) is 13.0. The number of nitrogens with one attached hydrogen (secondary N) is 2. The normalized spacial score (nSPS) is 11.3. The Morgan fingerprint density at radius 1 is 1.06 bits per heavy atom. The maximum absolute atomic E-state index is 13.7. The van der Waals surface area contributed by atoms with Crippen LogP contribution in [0.1, 0.15) is 41.0 Å². The minimum Gasteiger partial charge on any atom is -0.748 e. The predicted octanol–water partition coefficient (Wildman–Crippen LogP) is 5.93. The molecule has 0 aliphatic rings. The number of aryl methyl sites for hydroxylation is 2. The van der Waals surface area contributed by atoms with Crippen molar-refractivity contribution in [2.45, 2.75) is 46.7 Å². The quantitative estimate of drug-likeness (QED) is 0.104. The molecular weight excluding hydrogens is 707 g/mol. The molecule has 5 rings (SSSR count). The second kappa shape index (κ2) is 16.4. The van der Waals surface area contributed by atoms with Crippen LogP contribution in [0.3, 0.4) is 0 Å². The number of rotatable bonds is 9. The van der Waals surface area contributed by atoms with Crippen LogP contribution in [0.25, 0.3) is 16.9 Å². The molecule has 0 saturated heterocycles. The standard InChI is InChI=1S/C33H30F3N7O4.CH4O3S/c1-20(2)47-32(45)46-19-42-11-5-6-24(17-42)28-9-10-37-31(40-28)41-29-12-23(8-7-21(29)3)30(44)39-26-13-25(33(34,35)36)14-27(15-26)43-16-22(4)38-18-43;1-5(2,3)4/h5-18,20H,19H2,1-4H3,(H-,37,39,40,41,44);1H3,(H,2,3,4). The van der Waals surface area contributed by atoms with Gasteiger partial charge in [-0.15, -0.1) is 0 Å². The molecule has 2 aromatic carbocycles. The summed E-state index contributed by atoms with van der Waals surface area (Å²) in [6.07, 6.45) is 2.94. The third-order valence-corrected chi connectivity index (χ3v) is 6.73. The Bertz CT molecular complexity index is 2170. The number of hydrogen-bond donors (Lipinski definition) is 2. The molecule has 0 aliphatic heterocycles. The molecule has 52 heavy (non-hydrogen) atoms. The molecule has 1 amide bonds. The van der Waals surface area contributed by atoms with Gasteiger partial charge in [0.15, 0.2) is 12.4 Å². The van der Waals surface area contributed by atoms with Gasteiger partial charge in [-0.3, -0.25) is 4.79 Å². The zero-order chi connectivity index (χ0) is 38.2. The first kappa shape index (κ1) is 38.9. The van der Waals surface area contributed by atoms with Gasteiger partial charge < -0.3 is 29.2 Å². The van der Waals surface area contributed by atoms with E-state index in [1.54, 1.807) is 80.5 Å². The molecule has 14 nitrogen and oxygen atoms in total. The number of carbonyl (C=O) groups excluding carboxylic acids is 2. The van der Waals surface area contributed by atoms with Crippen LogP contribution in [0.15, 0.2) is 85.7 Å². The molecule has 0 unspecified atom stereocenters. The largest absolute Gasteiger partial charge is 0.748 e. The zero-order valence-corrected chi connectivity index (χ0v) is 29.3. The monoisotopic (exact) mass is 741 g/mol. The van der Waals surface area contributed by atoms with Gasteiger partial charge in [0.25, 0.3) is 12.6 Å². The Labute approximate surface area is 297 Å². The third-order valence-electron chi connectivity index (χ3n) is 6.73. The summed E-state index contributed by atoms with van der Waals surface area (Å²) in [5, 5.41) is 5.71. The van der Waals surface area contributed by atoms with E-state index in [1.807, 2.05) is 13.0 Å². The molecule has 0 atom stereocenters. The topological polar surface area (TPSA) is 181 Å². The molecule has 0 bridgehead atoms. The van der Waals surface area contributed by atoms with Gasteiger partial charge in [0, 0.05) is 47.3 Å².